The first-order chi connectivity index (χ1) is 4.72. The standard InChI is InChI=1S/C8H8OS.Na/c1-6-4-2-3-5-7(6)8(9)10;/h2-5H,1H3,(H,9,10);/q;+1/p-1. The van der Waals surface area contributed by atoms with Gasteiger partial charge in [0.2, 0.25) is 0 Å². The van der Waals surface area contributed by atoms with Gasteiger partial charge in [0.1, 0.15) is 0 Å². The van der Waals surface area contributed by atoms with Gasteiger partial charge in [-0.25, -0.2) is 0 Å². The second-order valence-electron chi connectivity index (χ2n) is 2.10. The van der Waals surface area contributed by atoms with Gasteiger partial charge in [0.25, 0.3) is 0 Å². The first-order valence-electron chi connectivity index (χ1n) is 2.99. The van der Waals surface area contributed by atoms with Gasteiger partial charge in [-0.3, -0.25) is 0 Å². The molecule has 0 aromatic heterocycles. The Bertz CT molecular complexity index is 260. The minimum absolute atomic E-state index is 0. The van der Waals surface area contributed by atoms with Crippen molar-refractivity contribution in [1.29, 1.82) is 0 Å². The second-order valence-corrected chi connectivity index (χ2v) is 2.47. The van der Waals surface area contributed by atoms with E-state index in [0.717, 1.165) is 5.56 Å². The minimum Gasteiger partial charge on any atom is -0.864 e. The van der Waals surface area contributed by atoms with E-state index in [1.165, 1.54) is 0 Å². The predicted molar refractivity (Wildman–Crippen MR) is 42.9 cm³/mol. The molecule has 0 unspecified atom stereocenters. The Morgan fingerprint density at radius 3 is 2.27 bits per heavy atom. The van der Waals surface area contributed by atoms with Gasteiger partial charge in [-0.2, -0.15) is 0 Å². The molecule has 1 rings (SSSR count). The van der Waals surface area contributed by atoms with E-state index >= 15 is 0 Å². The average molecular weight is 174 g/mol. The van der Waals surface area contributed by atoms with Crippen molar-refractivity contribution < 1.29 is 34.7 Å². The fourth-order valence-corrected chi connectivity index (χ4v) is 1.03. The van der Waals surface area contributed by atoms with Gasteiger partial charge in [0, 0.05) is 0 Å². The van der Waals surface area contributed by atoms with Crippen molar-refractivity contribution in [3.8, 4) is 0 Å². The van der Waals surface area contributed by atoms with Crippen LogP contribution in [0.15, 0.2) is 24.3 Å². The van der Waals surface area contributed by atoms with E-state index in [4.69, 9.17) is 0 Å². The monoisotopic (exact) mass is 174 g/mol. The zero-order chi connectivity index (χ0) is 7.56. The molecule has 0 heterocycles. The summed E-state index contributed by atoms with van der Waals surface area (Å²) in [6.45, 7) is 1.87. The Kier molecular flexibility index (Phi) is 4.93. The Labute approximate surface area is 93.7 Å². The molecule has 0 aliphatic carbocycles. The van der Waals surface area contributed by atoms with E-state index in [1.54, 1.807) is 6.07 Å². The molecule has 3 heteroatoms. The quantitative estimate of drug-likeness (QED) is 0.364. The molecule has 0 fully saturated rings. The van der Waals surface area contributed by atoms with Crippen LogP contribution < -0.4 is 34.7 Å². The molecule has 1 nitrogen and oxygen atoms in total. The molecular formula is C8H7NaOS. The fourth-order valence-electron chi connectivity index (χ4n) is 0.802. The molecule has 0 aliphatic rings. The SMILES string of the molecule is Cc1ccccc1C([O-])=S.[Na+]. The molecule has 0 bridgehead atoms. The average Bonchev–Trinajstić information content (AvgIpc) is 1.88. The van der Waals surface area contributed by atoms with Gasteiger partial charge in [0.05, 0.1) is 0 Å². The normalized spacial score (nSPS) is 8.45. The molecule has 0 atom stereocenters. The van der Waals surface area contributed by atoms with E-state index in [2.05, 4.69) is 12.2 Å². The maximum absolute atomic E-state index is 10.7. The first kappa shape index (κ1) is 11.1. The number of aryl methyl sites for hydroxylation is 1. The summed E-state index contributed by atoms with van der Waals surface area (Å²) < 4.78 is 0. The Hall–Kier alpha value is 0.110. The molecule has 0 aliphatic heterocycles. The predicted octanol–water partition coefficient (Wildman–Crippen LogP) is -1.97. The van der Waals surface area contributed by atoms with Crippen LogP contribution in [0, 0.1) is 6.92 Å². The molecule has 0 amide bonds. The second kappa shape index (κ2) is 4.88. The summed E-state index contributed by atoms with van der Waals surface area (Å²) in [5.74, 6) is 0. The molecule has 0 radical (unpaired) electrons. The molecule has 0 N–H and O–H groups in total. The van der Waals surface area contributed by atoms with Crippen LogP contribution in [0.2, 0.25) is 0 Å². The smallest absolute Gasteiger partial charge is 0.864 e. The van der Waals surface area contributed by atoms with Crippen molar-refractivity contribution in [3.05, 3.63) is 35.4 Å². The molecule has 1 aromatic carbocycles. The molecule has 1 aromatic rings. The Morgan fingerprint density at radius 2 is 1.91 bits per heavy atom. The minimum atomic E-state index is -0.280. The summed E-state index contributed by atoms with van der Waals surface area (Å²) in [7, 11) is 0. The van der Waals surface area contributed by atoms with E-state index in [1.807, 2.05) is 25.1 Å². The van der Waals surface area contributed by atoms with Crippen molar-refractivity contribution in [2.75, 3.05) is 0 Å². The van der Waals surface area contributed by atoms with Crippen molar-refractivity contribution in [2.45, 2.75) is 6.92 Å². The van der Waals surface area contributed by atoms with E-state index in [0.29, 0.717) is 5.56 Å². The summed E-state index contributed by atoms with van der Waals surface area (Å²) in [5, 5.41) is 10.4. The number of benzene rings is 1. The molecular weight excluding hydrogens is 167 g/mol. The maximum atomic E-state index is 10.7. The van der Waals surface area contributed by atoms with Gasteiger partial charge in [0.15, 0.2) is 0 Å². The zero-order valence-corrected chi connectivity index (χ0v) is 9.44. The van der Waals surface area contributed by atoms with E-state index < -0.39 is 0 Å². The summed E-state index contributed by atoms with van der Waals surface area (Å²) in [5.41, 5.74) is 1.58. The van der Waals surface area contributed by atoms with Gasteiger partial charge in [-0.15, -0.1) is 0 Å². The number of hydrogen-bond acceptors (Lipinski definition) is 2. The van der Waals surface area contributed by atoms with Crippen molar-refractivity contribution in [2.24, 2.45) is 0 Å². The Morgan fingerprint density at radius 1 is 1.36 bits per heavy atom. The summed E-state index contributed by atoms with van der Waals surface area (Å²) >= 11 is 4.49. The van der Waals surface area contributed by atoms with Crippen molar-refractivity contribution in [3.63, 3.8) is 0 Å². The van der Waals surface area contributed by atoms with Gasteiger partial charge < -0.3 is 5.11 Å². The largest absolute Gasteiger partial charge is 1.00 e. The number of hydrogen-bond donors (Lipinski definition) is 0. The summed E-state index contributed by atoms with van der Waals surface area (Å²) in [4.78, 5) is 0. The molecule has 11 heavy (non-hydrogen) atoms. The van der Waals surface area contributed by atoms with Crippen molar-refractivity contribution in [1.82, 2.24) is 0 Å². The molecule has 0 spiro atoms. The maximum Gasteiger partial charge on any atom is 1.00 e. The van der Waals surface area contributed by atoms with Gasteiger partial charge in [-0.05, 0) is 23.1 Å². The van der Waals surface area contributed by atoms with Crippen LogP contribution in [-0.4, -0.2) is 5.05 Å². The molecule has 0 saturated heterocycles. The van der Waals surface area contributed by atoms with Crippen LogP contribution in [0.3, 0.4) is 0 Å². The van der Waals surface area contributed by atoms with Crippen LogP contribution in [0.5, 0.6) is 0 Å². The first-order valence-corrected chi connectivity index (χ1v) is 3.39. The van der Waals surface area contributed by atoms with E-state index in [-0.39, 0.29) is 34.6 Å². The van der Waals surface area contributed by atoms with Crippen LogP contribution in [0.1, 0.15) is 11.1 Å². The molecule has 0 saturated carbocycles. The van der Waals surface area contributed by atoms with Gasteiger partial charge >= 0.3 is 29.6 Å². The Balaban J connectivity index is 0.000001000. The molecule has 52 valence electrons. The number of thiocarbonyl (C=S) groups is 1. The van der Waals surface area contributed by atoms with Crippen LogP contribution in [-0.2, 0) is 0 Å². The zero-order valence-electron chi connectivity index (χ0n) is 6.63. The topological polar surface area (TPSA) is 23.1 Å². The van der Waals surface area contributed by atoms with Crippen LogP contribution >= 0.6 is 12.2 Å². The third-order valence-electron chi connectivity index (χ3n) is 1.36. The van der Waals surface area contributed by atoms with E-state index in [9.17, 15) is 5.11 Å². The van der Waals surface area contributed by atoms with Gasteiger partial charge in [-0.1, -0.05) is 36.5 Å². The fraction of sp³-hybridized carbons (Fsp3) is 0.125. The van der Waals surface area contributed by atoms with Crippen LogP contribution in [0.4, 0.5) is 0 Å². The third kappa shape index (κ3) is 2.91. The third-order valence-corrected chi connectivity index (χ3v) is 1.58. The summed E-state index contributed by atoms with van der Waals surface area (Å²) in [6, 6.07) is 7.31. The van der Waals surface area contributed by atoms with Crippen LogP contribution in [0.25, 0.3) is 0 Å². The van der Waals surface area contributed by atoms with Crippen molar-refractivity contribution >= 4 is 17.3 Å². The summed E-state index contributed by atoms with van der Waals surface area (Å²) in [6.07, 6.45) is 0. The number of rotatable bonds is 1.